The van der Waals surface area contributed by atoms with Gasteiger partial charge in [-0.05, 0) is 58.4 Å². The van der Waals surface area contributed by atoms with Crippen LogP contribution < -0.4 is 5.32 Å². The molecule has 0 aliphatic rings. The number of halogens is 2. The first-order valence-corrected chi connectivity index (χ1v) is 8.86. The number of anilines is 1. The molecule has 2 aromatic heterocycles. The first kappa shape index (κ1) is 16.8. The molecule has 0 spiro atoms. The van der Waals surface area contributed by atoms with Crippen LogP contribution in [-0.4, -0.2) is 15.9 Å². The van der Waals surface area contributed by atoms with Crippen LogP contribution in [0.25, 0.3) is 22.7 Å². The summed E-state index contributed by atoms with van der Waals surface area (Å²) in [6, 6.07) is 15.9. The van der Waals surface area contributed by atoms with Gasteiger partial charge in [-0.25, -0.2) is 4.98 Å². The Morgan fingerprint density at radius 1 is 1.12 bits per heavy atom. The zero-order valence-corrected chi connectivity index (χ0v) is 15.6. The van der Waals surface area contributed by atoms with Gasteiger partial charge in [0.25, 0.3) is 5.91 Å². The van der Waals surface area contributed by atoms with Crippen LogP contribution in [0.2, 0.25) is 5.02 Å². The third-order valence-corrected chi connectivity index (χ3v) is 4.77. The van der Waals surface area contributed by atoms with Crippen molar-refractivity contribution in [2.45, 2.75) is 0 Å². The SMILES string of the molecule is O=C(Nc1cc(-c2nc3ncccc3o2)ccc1Cl)c1ccccc1Br. The molecule has 4 rings (SSSR count). The summed E-state index contributed by atoms with van der Waals surface area (Å²) >= 11 is 9.62. The van der Waals surface area contributed by atoms with Crippen molar-refractivity contribution in [3.05, 3.63) is 75.9 Å². The number of hydrogen-bond donors (Lipinski definition) is 1. The Bertz CT molecular complexity index is 1090. The topological polar surface area (TPSA) is 68.0 Å². The van der Waals surface area contributed by atoms with Crippen molar-refractivity contribution in [1.29, 1.82) is 0 Å². The molecule has 0 atom stereocenters. The lowest BCUT2D eigenvalue weighted by Crippen LogP contribution is -2.12. The number of amides is 1. The van der Waals surface area contributed by atoms with Crippen molar-refractivity contribution in [1.82, 2.24) is 9.97 Å². The van der Waals surface area contributed by atoms with E-state index in [1.165, 1.54) is 0 Å². The molecule has 0 bridgehead atoms. The lowest BCUT2D eigenvalue weighted by molar-refractivity contribution is 0.102. The Labute approximate surface area is 162 Å². The molecule has 0 aliphatic carbocycles. The second kappa shape index (κ2) is 6.90. The highest BCUT2D eigenvalue weighted by molar-refractivity contribution is 9.10. The van der Waals surface area contributed by atoms with Gasteiger partial charge in [-0.2, -0.15) is 4.98 Å². The number of nitrogens with zero attached hydrogens (tertiary/aromatic N) is 2. The number of carbonyl (C=O) groups excluding carboxylic acids is 1. The fourth-order valence-corrected chi connectivity index (χ4v) is 3.11. The molecule has 0 saturated carbocycles. The molecule has 2 aromatic carbocycles. The normalized spacial score (nSPS) is 10.8. The molecule has 1 N–H and O–H groups in total. The van der Waals surface area contributed by atoms with Crippen LogP contribution in [0.15, 0.2) is 69.7 Å². The summed E-state index contributed by atoms with van der Waals surface area (Å²) in [6.07, 6.45) is 1.65. The van der Waals surface area contributed by atoms with Crippen LogP contribution in [0, 0.1) is 0 Å². The van der Waals surface area contributed by atoms with Gasteiger partial charge in [0.2, 0.25) is 5.89 Å². The van der Waals surface area contributed by atoms with E-state index in [-0.39, 0.29) is 5.91 Å². The first-order valence-electron chi connectivity index (χ1n) is 7.69. The number of fused-ring (bicyclic) bond motifs is 1. The summed E-state index contributed by atoms with van der Waals surface area (Å²) < 4.78 is 6.42. The number of benzene rings is 2. The summed E-state index contributed by atoms with van der Waals surface area (Å²) in [5.74, 6) is 0.141. The molecule has 0 fully saturated rings. The van der Waals surface area contributed by atoms with E-state index in [4.69, 9.17) is 16.0 Å². The van der Waals surface area contributed by atoms with E-state index in [0.29, 0.717) is 43.4 Å². The third-order valence-electron chi connectivity index (χ3n) is 3.74. The lowest BCUT2D eigenvalue weighted by atomic mass is 10.1. The molecule has 0 saturated heterocycles. The van der Waals surface area contributed by atoms with Gasteiger partial charge in [-0.15, -0.1) is 0 Å². The number of hydrogen-bond acceptors (Lipinski definition) is 4. The standard InChI is InChI=1S/C19H11BrClN3O2/c20-13-5-2-1-4-12(13)18(25)23-15-10-11(7-8-14(15)21)19-24-17-16(26-19)6-3-9-22-17/h1-10H,(H,23,25). The quantitative estimate of drug-likeness (QED) is 0.464. The van der Waals surface area contributed by atoms with Crippen LogP contribution in [0.4, 0.5) is 5.69 Å². The number of carbonyl (C=O) groups is 1. The van der Waals surface area contributed by atoms with Crippen molar-refractivity contribution >= 4 is 50.4 Å². The molecule has 1 amide bonds. The third kappa shape index (κ3) is 3.21. The highest BCUT2D eigenvalue weighted by atomic mass is 79.9. The zero-order valence-electron chi connectivity index (χ0n) is 13.2. The Morgan fingerprint density at radius 2 is 1.96 bits per heavy atom. The van der Waals surface area contributed by atoms with Gasteiger partial charge in [-0.3, -0.25) is 4.79 Å². The molecule has 26 heavy (non-hydrogen) atoms. The molecule has 128 valence electrons. The van der Waals surface area contributed by atoms with Gasteiger partial charge in [0.05, 0.1) is 16.3 Å². The molecule has 0 radical (unpaired) electrons. The molecule has 5 nitrogen and oxygen atoms in total. The molecule has 0 unspecified atom stereocenters. The number of aromatic nitrogens is 2. The van der Waals surface area contributed by atoms with E-state index in [2.05, 4.69) is 31.2 Å². The van der Waals surface area contributed by atoms with Crippen molar-refractivity contribution in [3.63, 3.8) is 0 Å². The summed E-state index contributed by atoms with van der Waals surface area (Å²) in [6.45, 7) is 0. The lowest BCUT2D eigenvalue weighted by Gasteiger charge is -2.09. The number of nitrogens with one attached hydrogen (secondary N) is 1. The molecule has 0 aliphatic heterocycles. The van der Waals surface area contributed by atoms with Crippen LogP contribution in [0.1, 0.15) is 10.4 Å². The number of oxazole rings is 1. The van der Waals surface area contributed by atoms with Crippen LogP contribution in [0.3, 0.4) is 0 Å². The fourth-order valence-electron chi connectivity index (χ4n) is 2.48. The first-order chi connectivity index (χ1) is 12.6. The largest absolute Gasteiger partial charge is 0.434 e. The Kier molecular flexibility index (Phi) is 4.44. The van der Waals surface area contributed by atoms with Gasteiger partial charge in [0.15, 0.2) is 11.2 Å². The monoisotopic (exact) mass is 427 g/mol. The molecule has 7 heteroatoms. The van der Waals surface area contributed by atoms with Crippen LogP contribution in [0.5, 0.6) is 0 Å². The van der Waals surface area contributed by atoms with Crippen molar-refractivity contribution in [2.75, 3.05) is 5.32 Å². The molecule has 4 aromatic rings. The Hall–Kier alpha value is -2.70. The minimum absolute atomic E-state index is 0.268. The van der Waals surface area contributed by atoms with E-state index in [1.54, 1.807) is 54.7 Å². The fraction of sp³-hybridized carbons (Fsp3) is 0. The summed E-state index contributed by atoms with van der Waals surface area (Å²) in [5, 5.41) is 3.25. The average molecular weight is 429 g/mol. The Morgan fingerprint density at radius 3 is 2.77 bits per heavy atom. The highest BCUT2D eigenvalue weighted by Crippen LogP contribution is 2.30. The Balaban J connectivity index is 1.68. The van der Waals surface area contributed by atoms with Crippen LogP contribution >= 0.6 is 27.5 Å². The second-order valence-corrected chi connectivity index (χ2v) is 6.73. The maximum absolute atomic E-state index is 12.5. The predicted molar refractivity (Wildman–Crippen MR) is 104 cm³/mol. The van der Waals surface area contributed by atoms with Gasteiger partial charge < -0.3 is 9.73 Å². The summed E-state index contributed by atoms with van der Waals surface area (Å²) in [4.78, 5) is 21.1. The maximum Gasteiger partial charge on any atom is 0.256 e. The van der Waals surface area contributed by atoms with Crippen LogP contribution in [-0.2, 0) is 0 Å². The van der Waals surface area contributed by atoms with E-state index in [0.717, 1.165) is 0 Å². The highest BCUT2D eigenvalue weighted by Gasteiger charge is 2.14. The molecular weight excluding hydrogens is 418 g/mol. The second-order valence-electron chi connectivity index (χ2n) is 5.47. The number of pyridine rings is 1. The predicted octanol–water partition coefficient (Wildman–Crippen LogP) is 5.56. The summed E-state index contributed by atoms with van der Waals surface area (Å²) in [5.41, 5.74) is 2.79. The van der Waals surface area contributed by atoms with E-state index in [9.17, 15) is 4.79 Å². The van der Waals surface area contributed by atoms with Gasteiger partial charge >= 0.3 is 0 Å². The summed E-state index contributed by atoms with van der Waals surface area (Å²) in [7, 11) is 0. The van der Waals surface area contributed by atoms with Gasteiger partial charge in [-0.1, -0.05) is 23.7 Å². The van der Waals surface area contributed by atoms with Crippen molar-refractivity contribution < 1.29 is 9.21 Å². The maximum atomic E-state index is 12.5. The smallest absolute Gasteiger partial charge is 0.256 e. The minimum atomic E-state index is -0.268. The molecular formula is C19H11BrClN3O2. The zero-order chi connectivity index (χ0) is 18.1. The van der Waals surface area contributed by atoms with Crippen molar-refractivity contribution in [3.8, 4) is 11.5 Å². The van der Waals surface area contributed by atoms with E-state index >= 15 is 0 Å². The minimum Gasteiger partial charge on any atom is -0.434 e. The van der Waals surface area contributed by atoms with E-state index < -0.39 is 0 Å². The molecule has 2 heterocycles. The number of rotatable bonds is 3. The van der Waals surface area contributed by atoms with Gasteiger partial charge in [0, 0.05) is 16.2 Å². The van der Waals surface area contributed by atoms with Gasteiger partial charge in [0.1, 0.15) is 0 Å². The van der Waals surface area contributed by atoms with Crippen molar-refractivity contribution in [2.24, 2.45) is 0 Å². The van der Waals surface area contributed by atoms with E-state index in [1.807, 2.05) is 6.07 Å². The average Bonchev–Trinajstić information content (AvgIpc) is 3.08.